The zero-order chi connectivity index (χ0) is 13.9. The van der Waals surface area contributed by atoms with Crippen LogP contribution in [0.5, 0.6) is 0 Å². The van der Waals surface area contributed by atoms with Gasteiger partial charge in [0.05, 0.1) is 16.9 Å². The molecule has 0 radical (unpaired) electrons. The second-order valence-corrected chi connectivity index (χ2v) is 5.09. The monoisotopic (exact) mass is 274 g/mol. The van der Waals surface area contributed by atoms with E-state index in [0.29, 0.717) is 18.5 Å². The molecular formula is C14H18N4O2. The molecule has 0 aliphatic carbocycles. The zero-order valence-electron chi connectivity index (χ0n) is 11.2. The van der Waals surface area contributed by atoms with E-state index in [9.17, 15) is 9.59 Å². The highest BCUT2D eigenvalue weighted by atomic mass is 16.2. The molecule has 3 rings (SSSR count). The quantitative estimate of drug-likeness (QED) is 0.648. The minimum Gasteiger partial charge on any atom is -0.382 e. The number of hydrogen-bond donors (Lipinski definition) is 4. The third-order valence-corrected chi connectivity index (χ3v) is 3.65. The lowest BCUT2D eigenvalue weighted by atomic mass is 10.1. The van der Waals surface area contributed by atoms with Gasteiger partial charge in [-0.1, -0.05) is 6.07 Å². The molecule has 0 saturated carbocycles. The molecule has 2 aliphatic heterocycles. The van der Waals surface area contributed by atoms with E-state index in [4.69, 9.17) is 0 Å². The van der Waals surface area contributed by atoms with Crippen LogP contribution in [-0.4, -0.2) is 37.5 Å². The summed E-state index contributed by atoms with van der Waals surface area (Å²) >= 11 is 0. The van der Waals surface area contributed by atoms with Crippen molar-refractivity contribution < 1.29 is 9.59 Å². The van der Waals surface area contributed by atoms with E-state index in [1.165, 1.54) is 0 Å². The fourth-order valence-corrected chi connectivity index (χ4v) is 2.61. The first-order chi connectivity index (χ1) is 9.74. The summed E-state index contributed by atoms with van der Waals surface area (Å²) in [5, 5.41) is 12.2. The van der Waals surface area contributed by atoms with Gasteiger partial charge in [-0.05, 0) is 18.6 Å². The maximum atomic E-state index is 12.3. The number of fused-ring (bicyclic) bond motifs is 1. The van der Waals surface area contributed by atoms with Crippen LogP contribution in [0.15, 0.2) is 18.2 Å². The number of hydrogen-bond acceptors (Lipinski definition) is 4. The van der Waals surface area contributed by atoms with Crippen LogP contribution in [0, 0.1) is 0 Å². The summed E-state index contributed by atoms with van der Waals surface area (Å²) in [6.45, 7) is 2.13. The van der Waals surface area contributed by atoms with Gasteiger partial charge in [-0.15, -0.1) is 0 Å². The highest BCUT2D eigenvalue weighted by molar-refractivity contribution is 6.02. The Hall–Kier alpha value is -2.24. The summed E-state index contributed by atoms with van der Waals surface area (Å²) in [4.78, 5) is 23.4. The first kappa shape index (κ1) is 12.8. The molecule has 1 saturated heterocycles. The van der Waals surface area contributed by atoms with Crippen LogP contribution in [-0.2, 0) is 4.79 Å². The van der Waals surface area contributed by atoms with Gasteiger partial charge in [-0.2, -0.15) is 0 Å². The lowest BCUT2D eigenvalue weighted by molar-refractivity contribution is -0.119. The molecule has 1 aromatic rings. The normalized spacial score (nSPS) is 20.4. The largest absolute Gasteiger partial charge is 0.382 e. The highest BCUT2D eigenvalue weighted by Gasteiger charge is 2.22. The summed E-state index contributed by atoms with van der Waals surface area (Å²) in [6.07, 6.45) is 1.33. The van der Waals surface area contributed by atoms with Crippen LogP contribution in [0.1, 0.15) is 23.2 Å². The van der Waals surface area contributed by atoms with E-state index < -0.39 is 0 Å². The van der Waals surface area contributed by atoms with Gasteiger partial charge in [0.15, 0.2) is 0 Å². The second kappa shape index (κ2) is 5.40. The Morgan fingerprint density at radius 1 is 1.30 bits per heavy atom. The number of benzene rings is 1. The van der Waals surface area contributed by atoms with Gasteiger partial charge in [-0.3, -0.25) is 9.59 Å². The Kier molecular flexibility index (Phi) is 3.45. The third-order valence-electron chi connectivity index (χ3n) is 3.65. The van der Waals surface area contributed by atoms with Crippen molar-refractivity contribution in [2.75, 3.05) is 30.3 Å². The Morgan fingerprint density at radius 3 is 2.95 bits per heavy atom. The Morgan fingerprint density at radius 2 is 2.15 bits per heavy atom. The molecule has 6 heteroatoms. The summed E-state index contributed by atoms with van der Waals surface area (Å²) < 4.78 is 0. The third kappa shape index (κ3) is 2.54. The summed E-state index contributed by atoms with van der Waals surface area (Å²) in [7, 11) is 0. The number of carbonyl (C=O) groups excluding carboxylic acids is 2. The van der Waals surface area contributed by atoms with Gasteiger partial charge in [0, 0.05) is 32.1 Å². The fourth-order valence-electron chi connectivity index (χ4n) is 2.61. The SMILES string of the molecule is O=C1CCC(CNC(=O)c2cccc3c2NCCN3)N1. The second-order valence-electron chi connectivity index (χ2n) is 5.09. The minimum absolute atomic E-state index is 0.0528. The maximum absolute atomic E-state index is 12.3. The van der Waals surface area contributed by atoms with Gasteiger partial charge < -0.3 is 21.3 Å². The molecular weight excluding hydrogens is 256 g/mol. The van der Waals surface area contributed by atoms with Crippen LogP contribution in [0.3, 0.4) is 0 Å². The lowest BCUT2D eigenvalue weighted by Gasteiger charge is -2.22. The smallest absolute Gasteiger partial charge is 0.253 e. The molecule has 2 amide bonds. The Labute approximate surface area is 117 Å². The van der Waals surface area contributed by atoms with Crippen molar-refractivity contribution >= 4 is 23.2 Å². The molecule has 1 aromatic carbocycles. The highest BCUT2D eigenvalue weighted by Crippen LogP contribution is 2.28. The summed E-state index contributed by atoms with van der Waals surface area (Å²) in [5.74, 6) is -0.0496. The molecule has 2 heterocycles. The molecule has 1 atom stereocenters. The number of amides is 2. The number of rotatable bonds is 3. The Bertz CT molecular complexity index is 544. The van der Waals surface area contributed by atoms with Gasteiger partial charge in [-0.25, -0.2) is 0 Å². The molecule has 0 spiro atoms. The average molecular weight is 274 g/mol. The Balaban J connectivity index is 1.66. The van der Waals surface area contributed by atoms with Crippen LogP contribution < -0.4 is 21.3 Å². The van der Waals surface area contributed by atoms with E-state index in [1.54, 1.807) is 6.07 Å². The molecule has 4 N–H and O–H groups in total. The predicted molar refractivity (Wildman–Crippen MR) is 76.9 cm³/mol. The topological polar surface area (TPSA) is 82.3 Å². The van der Waals surface area contributed by atoms with Gasteiger partial charge in [0.1, 0.15) is 0 Å². The zero-order valence-corrected chi connectivity index (χ0v) is 11.2. The van der Waals surface area contributed by atoms with E-state index in [2.05, 4.69) is 21.3 Å². The first-order valence-electron chi connectivity index (χ1n) is 6.92. The molecule has 0 aromatic heterocycles. The molecule has 1 fully saturated rings. The van der Waals surface area contributed by atoms with Crippen LogP contribution >= 0.6 is 0 Å². The minimum atomic E-state index is -0.112. The van der Waals surface area contributed by atoms with Crippen molar-refractivity contribution in [3.05, 3.63) is 23.8 Å². The van der Waals surface area contributed by atoms with E-state index in [0.717, 1.165) is 30.9 Å². The number of nitrogens with one attached hydrogen (secondary N) is 4. The molecule has 1 unspecified atom stereocenters. The van der Waals surface area contributed by atoms with Gasteiger partial charge in [0.2, 0.25) is 5.91 Å². The van der Waals surface area contributed by atoms with E-state index >= 15 is 0 Å². The van der Waals surface area contributed by atoms with Crippen LogP contribution in [0.2, 0.25) is 0 Å². The predicted octanol–water partition coefficient (Wildman–Crippen LogP) is 0.532. The standard InChI is InChI=1S/C14H18N4O2/c19-12-5-4-9(18-12)8-17-14(20)10-2-1-3-11-13(10)16-7-6-15-11/h1-3,9,15-16H,4-8H2,(H,17,20)(H,18,19). The van der Waals surface area contributed by atoms with Crippen molar-refractivity contribution in [1.82, 2.24) is 10.6 Å². The molecule has 6 nitrogen and oxygen atoms in total. The summed E-state index contributed by atoms with van der Waals surface area (Å²) in [5.41, 5.74) is 2.45. The van der Waals surface area contributed by atoms with Crippen molar-refractivity contribution in [1.29, 1.82) is 0 Å². The van der Waals surface area contributed by atoms with Crippen molar-refractivity contribution in [3.8, 4) is 0 Å². The van der Waals surface area contributed by atoms with E-state index in [-0.39, 0.29) is 17.9 Å². The van der Waals surface area contributed by atoms with Crippen LogP contribution in [0.4, 0.5) is 11.4 Å². The molecule has 20 heavy (non-hydrogen) atoms. The molecule has 106 valence electrons. The maximum Gasteiger partial charge on any atom is 0.253 e. The lowest BCUT2D eigenvalue weighted by Crippen LogP contribution is -2.38. The molecule has 2 aliphatic rings. The number of carbonyl (C=O) groups is 2. The van der Waals surface area contributed by atoms with Crippen molar-refractivity contribution in [2.45, 2.75) is 18.9 Å². The van der Waals surface area contributed by atoms with Gasteiger partial charge in [0.25, 0.3) is 5.91 Å². The van der Waals surface area contributed by atoms with E-state index in [1.807, 2.05) is 12.1 Å². The number of para-hydroxylation sites is 1. The van der Waals surface area contributed by atoms with Gasteiger partial charge >= 0.3 is 0 Å². The molecule has 0 bridgehead atoms. The average Bonchev–Trinajstić information content (AvgIpc) is 2.90. The first-order valence-corrected chi connectivity index (χ1v) is 6.92. The van der Waals surface area contributed by atoms with Crippen LogP contribution in [0.25, 0.3) is 0 Å². The van der Waals surface area contributed by atoms with Crippen molar-refractivity contribution in [3.63, 3.8) is 0 Å². The van der Waals surface area contributed by atoms with Crippen molar-refractivity contribution in [2.24, 2.45) is 0 Å². The summed E-state index contributed by atoms with van der Waals surface area (Å²) in [6, 6.07) is 5.68. The number of anilines is 2. The fraction of sp³-hybridized carbons (Fsp3) is 0.429.